The lowest BCUT2D eigenvalue weighted by atomic mass is 10.1. The first-order chi connectivity index (χ1) is 12.0. The summed E-state index contributed by atoms with van der Waals surface area (Å²) in [6, 6.07) is 14.7. The minimum Gasteiger partial charge on any atom is -0.459 e. The van der Waals surface area contributed by atoms with Gasteiger partial charge in [0.1, 0.15) is 5.75 Å². The molecule has 5 nitrogen and oxygen atoms in total. The molecule has 25 heavy (non-hydrogen) atoms. The number of Topliss-reactive ketones (excluding diaryl/α,β-unsaturated/α-hetero) is 1. The van der Waals surface area contributed by atoms with Crippen LogP contribution in [0.2, 0.25) is 0 Å². The first-order valence-corrected chi connectivity index (χ1v) is 8.27. The van der Waals surface area contributed by atoms with Gasteiger partial charge in [-0.25, -0.2) is 5.48 Å². The second kappa shape index (κ2) is 7.36. The number of amidine groups is 1. The molecule has 0 saturated heterocycles. The summed E-state index contributed by atoms with van der Waals surface area (Å²) in [7, 11) is 0. The number of aliphatic imine (C=N–C) groups is 1. The van der Waals surface area contributed by atoms with Gasteiger partial charge in [-0.2, -0.15) is 4.99 Å². The Kier molecular flexibility index (Phi) is 5.00. The van der Waals surface area contributed by atoms with E-state index in [1.807, 2.05) is 30.3 Å². The predicted octanol–water partition coefficient (Wildman–Crippen LogP) is 4.37. The Morgan fingerprint density at radius 2 is 2.04 bits per heavy atom. The highest BCUT2D eigenvalue weighted by Crippen LogP contribution is 2.25. The van der Waals surface area contributed by atoms with Crippen molar-refractivity contribution in [2.75, 3.05) is 0 Å². The van der Waals surface area contributed by atoms with Crippen LogP contribution in [0.1, 0.15) is 22.8 Å². The van der Waals surface area contributed by atoms with Crippen molar-refractivity contribution < 1.29 is 14.4 Å². The highest BCUT2D eigenvalue weighted by atomic mass is 79.9. The summed E-state index contributed by atoms with van der Waals surface area (Å²) < 4.78 is 6.19. The second-order valence-electron chi connectivity index (χ2n) is 5.36. The van der Waals surface area contributed by atoms with Gasteiger partial charge in [0.2, 0.25) is 0 Å². The molecule has 3 rings (SSSR count). The van der Waals surface area contributed by atoms with Crippen LogP contribution in [-0.4, -0.2) is 11.6 Å². The van der Waals surface area contributed by atoms with Crippen LogP contribution in [0.5, 0.6) is 5.75 Å². The SMILES string of the molecule is C=C(C)C(=O)c1ccc(OC=C2N=C(c3ccccc3)NO2)cc1Br. The van der Waals surface area contributed by atoms with Crippen molar-refractivity contribution in [1.82, 2.24) is 5.48 Å². The molecule has 126 valence electrons. The smallest absolute Gasteiger partial charge is 0.283 e. The lowest BCUT2D eigenvalue weighted by molar-refractivity contribution is 0.103. The van der Waals surface area contributed by atoms with E-state index >= 15 is 0 Å². The quantitative estimate of drug-likeness (QED) is 0.461. The number of carbonyl (C=O) groups is 1. The molecule has 0 atom stereocenters. The number of halogens is 1. The summed E-state index contributed by atoms with van der Waals surface area (Å²) in [5.74, 6) is 1.35. The predicted molar refractivity (Wildman–Crippen MR) is 99.2 cm³/mol. The number of nitrogens with one attached hydrogen (secondary N) is 1. The van der Waals surface area contributed by atoms with Gasteiger partial charge in [0.05, 0.1) is 0 Å². The standard InChI is InChI=1S/C19H15BrN2O3/c1-12(2)18(23)15-9-8-14(10-16(15)20)24-11-17-21-19(22-25-17)13-6-4-3-5-7-13/h3-11H,1H2,2H3,(H,21,22). The average molecular weight is 399 g/mol. The van der Waals surface area contributed by atoms with Gasteiger partial charge in [0.25, 0.3) is 5.88 Å². The van der Waals surface area contributed by atoms with E-state index in [-0.39, 0.29) is 5.78 Å². The van der Waals surface area contributed by atoms with Crippen molar-refractivity contribution in [3.05, 3.63) is 88.4 Å². The van der Waals surface area contributed by atoms with E-state index in [1.54, 1.807) is 25.1 Å². The van der Waals surface area contributed by atoms with Crippen molar-refractivity contribution in [2.24, 2.45) is 4.99 Å². The van der Waals surface area contributed by atoms with Crippen molar-refractivity contribution in [3.63, 3.8) is 0 Å². The van der Waals surface area contributed by atoms with Crippen molar-refractivity contribution in [3.8, 4) is 5.75 Å². The van der Waals surface area contributed by atoms with Crippen LogP contribution < -0.4 is 10.2 Å². The van der Waals surface area contributed by atoms with E-state index in [0.717, 1.165) is 5.56 Å². The van der Waals surface area contributed by atoms with Crippen LogP contribution in [0.25, 0.3) is 0 Å². The largest absolute Gasteiger partial charge is 0.459 e. The molecule has 6 heteroatoms. The van der Waals surface area contributed by atoms with Gasteiger partial charge in [-0.3, -0.25) is 4.79 Å². The molecule has 0 aliphatic carbocycles. The summed E-state index contributed by atoms with van der Waals surface area (Å²) in [5.41, 5.74) is 4.67. The molecule has 0 spiro atoms. The first kappa shape index (κ1) is 17.0. The van der Waals surface area contributed by atoms with E-state index in [9.17, 15) is 4.79 Å². The molecule has 0 unspecified atom stereocenters. The molecule has 1 aliphatic rings. The molecule has 0 amide bonds. The number of hydrogen-bond donors (Lipinski definition) is 1. The maximum absolute atomic E-state index is 12.0. The van der Waals surface area contributed by atoms with Crippen molar-refractivity contribution in [1.29, 1.82) is 0 Å². The number of hydrogen-bond acceptors (Lipinski definition) is 5. The van der Waals surface area contributed by atoms with Crippen LogP contribution >= 0.6 is 15.9 Å². The number of allylic oxidation sites excluding steroid dienone is 1. The van der Waals surface area contributed by atoms with E-state index in [0.29, 0.717) is 33.1 Å². The number of rotatable bonds is 5. The van der Waals surface area contributed by atoms with Gasteiger partial charge >= 0.3 is 0 Å². The summed E-state index contributed by atoms with van der Waals surface area (Å²) in [5, 5.41) is 0. The van der Waals surface area contributed by atoms with E-state index in [4.69, 9.17) is 9.57 Å². The lowest BCUT2D eigenvalue weighted by Gasteiger charge is -2.06. The Morgan fingerprint density at radius 3 is 2.72 bits per heavy atom. The van der Waals surface area contributed by atoms with Gasteiger partial charge in [0, 0.05) is 15.6 Å². The number of hydroxylamine groups is 1. The summed E-state index contributed by atoms with van der Waals surface area (Å²) in [4.78, 5) is 21.6. The minimum atomic E-state index is -0.114. The lowest BCUT2D eigenvalue weighted by Crippen LogP contribution is -2.17. The summed E-state index contributed by atoms with van der Waals surface area (Å²) in [6.45, 7) is 5.34. The maximum Gasteiger partial charge on any atom is 0.283 e. The fraction of sp³-hybridized carbons (Fsp3) is 0.0526. The average Bonchev–Trinajstić information content (AvgIpc) is 3.09. The van der Waals surface area contributed by atoms with Crippen LogP contribution in [0.4, 0.5) is 0 Å². The fourth-order valence-electron chi connectivity index (χ4n) is 2.13. The molecule has 0 fully saturated rings. The third kappa shape index (κ3) is 3.97. The molecule has 2 aromatic rings. The van der Waals surface area contributed by atoms with Crippen LogP contribution in [0, 0.1) is 0 Å². The molecule has 1 aliphatic heterocycles. The Bertz CT molecular complexity index is 889. The number of ketones is 1. The van der Waals surface area contributed by atoms with Gasteiger partial charge in [-0.15, -0.1) is 0 Å². The summed E-state index contributed by atoms with van der Waals surface area (Å²) in [6.07, 6.45) is 1.39. The zero-order chi connectivity index (χ0) is 17.8. The zero-order valence-electron chi connectivity index (χ0n) is 13.5. The van der Waals surface area contributed by atoms with Gasteiger partial charge in [-0.1, -0.05) is 36.9 Å². The second-order valence-corrected chi connectivity index (χ2v) is 6.21. The van der Waals surface area contributed by atoms with E-state index in [2.05, 4.69) is 33.0 Å². The number of carbonyl (C=O) groups excluding carboxylic acids is 1. The Labute approximate surface area is 153 Å². The highest BCUT2D eigenvalue weighted by molar-refractivity contribution is 9.10. The van der Waals surface area contributed by atoms with E-state index in [1.165, 1.54) is 6.26 Å². The van der Waals surface area contributed by atoms with Gasteiger partial charge < -0.3 is 9.57 Å². The normalized spacial score (nSPS) is 14.5. The van der Waals surface area contributed by atoms with Crippen molar-refractivity contribution >= 4 is 27.5 Å². The molecular formula is C19H15BrN2O3. The third-order valence-corrected chi connectivity index (χ3v) is 4.05. The molecule has 1 N–H and O–H groups in total. The highest BCUT2D eigenvalue weighted by Gasteiger charge is 2.15. The minimum absolute atomic E-state index is 0.114. The molecular weight excluding hydrogens is 384 g/mol. The molecule has 0 bridgehead atoms. The number of nitrogens with zero attached hydrogens (tertiary/aromatic N) is 1. The molecule has 0 aromatic heterocycles. The number of benzene rings is 2. The van der Waals surface area contributed by atoms with Gasteiger partial charge in [0.15, 0.2) is 17.9 Å². The zero-order valence-corrected chi connectivity index (χ0v) is 15.0. The molecule has 0 radical (unpaired) electrons. The number of ether oxygens (including phenoxy) is 1. The van der Waals surface area contributed by atoms with Crippen LogP contribution in [0.15, 0.2) is 82.3 Å². The molecule has 1 heterocycles. The van der Waals surface area contributed by atoms with E-state index < -0.39 is 0 Å². The third-order valence-electron chi connectivity index (χ3n) is 3.39. The van der Waals surface area contributed by atoms with Crippen LogP contribution in [-0.2, 0) is 4.84 Å². The Morgan fingerprint density at radius 1 is 1.28 bits per heavy atom. The monoisotopic (exact) mass is 398 g/mol. The fourth-order valence-corrected chi connectivity index (χ4v) is 2.67. The van der Waals surface area contributed by atoms with Crippen LogP contribution in [0.3, 0.4) is 0 Å². The topological polar surface area (TPSA) is 59.9 Å². The van der Waals surface area contributed by atoms with Crippen molar-refractivity contribution in [2.45, 2.75) is 6.92 Å². The van der Waals surface area contributed by atoms with Gasteiger partial charge in [-0.05, 0) is 46.6 Å². The summed E-state index contributed by atoms with van der Waals surface area (Å²) >= 11 is 3.38. The molecule has 2 aromatic carbocycles. The maximum atomic E-state index is 12.0. The first-order valence-electron chi connectivity index (χ1n) is 7.48. The Hall–Kier alpha value is -2.86. The molecule has 0 saturated carbocycles. The Balaban J connectivity index is 1.72.